The first-order valence-electron chi connectivity index (χ1n) is 5.62. The second-order valence-electron chi connectivity index (χ2n) is 4.44. The van der Waals surface area contributed by atoms with Gasteiger partial charge in [0.15, 0.2) is 0 Å². The molecule has 2 rings (SSSR count). The third kappa shape index (κ3) is 2.71. The number of hydrogen-bond acceptors (Lipinski definition) is 1. The molecule has 1 aliphatic heterocycles. The van der Waals surface area contributed by atoms with Crippen molar-refractivity contribution >= 4 is 5.69 Å². The summed E-state index contributed by atoms with van der Waals surface area (Å²) in [6.07, 6.45) is 2.71. The van der Waals surface area contributed by atoms with Gasteiger partial charge in [-0.2, -0.15) is 0 Å². The van der Waals surface area contributed by atoms with E-state index in [1.54, 1.807) is 0 Å². The Labute approximate surface area is 91.5 Å². The van der Waals surface area contributed by atoms with Crippen LogP contribution in [0.2, 0.25) is 0 Å². The lowest BCUT2D eigenvalue weighted by Gasteiger charge is -2.19. The molecule has 1 aliphatic rings. The molecule has 0 aliphatic carbocycles. The second-order valence-corrected chi connectivity index (χ2v) is 4.44. The van der Waals surface area contributed by atoms with E-state index in [1.165, 1.54) is 37.2 Å². The number of nitrogens with zero attached hydrogens (tertiary/aromatic N) is 1. The lowest BCUT2D eigenvalue weighted by Crippen LogP contribution is -2.17. The molecule has 1 aromatic carbocycles. The molecule has 15 heavy (non-hydrogen) atoms. The summed E-state index contributed by atoms with van der Waals surface area (Å²) in [4.78, 5) is 2.49. The summed E-state index contributed by atoms with van der Waals surface area (Å²) < 4.78 is 0. The van der Waals surface area contributed by atoms with E-state index >= 15 is 0 Å². The molecular weight excluding hydrogens is 189 g/mol. The number of hydrogen-bond donors (Lipinski definition) is 0. The van der Waals surface area contributed by atoms with Crippen molar-refractivity contribution in [3.8, 4) is 0 Å². The van der Waals surface area contributed by atoms with Crippen LogP contribution in [0.25, 0.3) is 0 Å². The van der Waals surface area contributed by atoms with Crippen LogP contribution in [0, 0.1) is 0 Å². The highest BCUT2D eigenvalue weighted by Gasteiger charge is 2.12. The van der Waals surface area contributed by atoms with Gasteiger partial charge in [-0.05, 0) is 36.5 Å². The van der Waals surface area contributed by atoms with Crippen molar-refractivity contribution in [1.82, 2.24) is 0 Å². The molecule has 0 unspecified atom stereocenters. The summed E-state index contributed by atoms with van der Waals surface area (Å²) in [5, 5.41) is 0. The van der Waals surface area contributed by atoms with Crippen LogP contribution in [-0.2, 0) is 0 Å². The van der Waals surface area contributed by atoms with Gasteiger partial charge in [0.05, 0.1) is 0 Å². The Balaban J connectivity index is 0.00000112. The Kier molecular flexibility index (Phi) is 4.13. The van der Waals surface area contributed by atoms with Crippen LogP contribution in [0.1, 0.15) is 38.2 Å². The number of benzene rings is 1. The molecule has 1 saturated heterocycles. The Morgan fingerprint density at radius 1 is 1.13 bits per heavy atom. The predicted octanol–water partition coefficient (Wildman–Crippen LogP) is 3.56. The predicted molar refractivity (Wildman–Crippen MR) is 64.5 cm³/mol. The Morgan fingerprint density at radius 3 is 2.40 bits per heavy atom. The average molecular weight is 209 g/mol. The molecule has 2 heteroatoms. The molecule has 1 aromatic rings. The van der Waals surface area contributed by atoms with Gasteiger partial charge in [0.1, 0.15) is 0 Å². The van der Waals surface area contributed by atoms with Crippen LogP contribution >= 0.6 is 0 Å². The number of halogens is 1. The molecule has 0 radical (unpaired) electrons. The zero-order chi connectivity index (χ0) is 9.97. The van der Waals surface area contributed by atoms with Gasteiger partial charge in [-0.25, -0.2) is 0 Å². The third-order valence-corrected chi connectivity index (χ3v) is 3.01. The fourth-order valence-electron chi connectivity index (χ4n) is 2.06. The minimum Gasteiger partial charge on any atom is -0.372 e. The highest BCUT2D eigenvalue weighted by molar-refractivity contribution is 5.49. The van der Waals surface area contributed by atoms with Crippen molar-refractivity contribution in [3.63, 3.8) is 0 Å². The van der Waals surface area contributed by atoms with E-state index in [4.69, 9.17) is 0 Å². The SMILES string of the molecule is CC(C)c1cccc(N2CCCC2)c1.F. The monoisotopic (exact) mass is 209 g/mol. The fraction of sp³-hybridized carbons (Fsp3) is 0.538. The van der Waals surface area contributed by atoms with Gasteiger partial charge < -0.3 is 4.90 Å². The number of anilines is 1. The Hall–Kier alpha value is -1.05. The van der Waals surface area contributed by atoms with Gasteiger partial charge in [-0.1, -0.05) is 26.0 Å². The van der Waals surface area contributed by atoms with Crippen LogP contribution in [-0.4, -0.2) is 13.1 Å². The fourth-order valence-corrected chi connectivity index (χ4v) is 2.06. The minimum atomic E-state index is 0. The lowest BCUT2D eigenvalue weighted by atomic mass is 10.0. The molecule has 0 atom stereocenters. The zero-order valence-electron chi connectivity index (χ0n) is 9.57. The van der Waals surface area contributed by atoms with Gasteiger partial charge in [-0.15, -0.1) is 0 Å². The molecular formula is C13H20FN. The van der Waals surface area contributed by atoms with Crippen LogP contribution in [0.5, 0.6) is 0 Å². The van der Waals surface area contributed by atoms with Gasteiger partial charge in [0.25, 0.3) is 0 Å². The van der Waals surface area contributed by atoms with E-state index in [9.17, 15) is 0 Å². The summed E-state index contributed by atoms with van der Waals surface area (Å²) in [6.45, 7) is 6.98. The van der Waals surface area contributed by atoms with Crippen molar-refractivity contribution in [2.24, 2.45) is 0 Å². The second kappa shape index (κ2) is 5.15. The van der Waals surface area contributed by atoms with E-state index in [-0.39, 0.29) is 4.70 Å². The van der Waals surface area contributed by atoms with E-state index < -0.39 is 0 Å². The van der Waals surface area contributed by atoms with E-state index in [2.05, 4.69) is 43.0 Å². The molecule has 84 valence electrons. The van der Waals surface area contributed by atoms with Gasteiger partial charge >= 0.3 is 0 Å². The maximum absolute atomic E-state index is 2.49. The highest BCUT2D eigenvalue weighted by Crippen LogP contribution is 2.24. The van der Waals surface area contributed by atoms with Crippen molar-refractivity contribution in [1.29, 1.82) is 0 Å². The van der Waals surface area contributed by atoms with Crippen molar-refractivity contribution < 1.29 is 4.70 Å². The molecule has 1 heterocycles. The standard InChI is InChI=1S/C13H19N.FH/c1-11(2)12-6-5-7-13(10-12)14-8-3-4-9-14;/h5-7,10-11H,3-4,8-9H2,1-2H3;1H. The highest BCUT2D eigenvalue weighted by atomic mass is 19.0. The van der Waals surface area contributed by atoms with Gasteiger partial charge in [0.2, 0.25) is 0 Å². The van der Waals surface area contributed by atoms with Crippen molar-refractivity contribution in [2.45, 2.75) is 32.6 Å². The normalized spacial score (nSPS) is 15.5. The molecule has 0 saturated carbocycles. The zero-order valence-corrected chi connectivity index (χ0v) is 9.57. The molecule has 0 amide bonds. The first-order valence-corrected chi connectivity index (χ1v) is 5.62. The van der Waals surface area contributed by atoms with E-state index in [1.807, 2.05) is 0 Å². The largest absolute Gasteiger partial charge is 0.372 e. The van der Waals surface area contributed by atoms with Crippen LogP contribution in [0.3, 0.4) is 0 Å². The maximum atomic E-state index is 2.49. The molecule has 1 fully saturated rings. The van der Waals surface area contributed by atoms with Gasteiger partial charge in [-0.3, -0.25) is 4.70 Å². The summed E-state index contributed by atoms with van der Waals surface area (Å²) >= 11 is 0. The number of rotatable bonds is 2. The van der Waals surface area contributed by atoms with Gasteiger partial charge in [0, 0.05) is 18.8 Å². The average Bonchev–Trinajstić information content (AvgIpc) is 2.71. The first-order chi connectivity index (χ1) is 6.77. The van der Waals surface area contributed by atoms with E-state index in [0.29, 0.717) is 5.92 Å². The van der Waals surface area contributed by atoms with E-state index in [0.717, 1.165) is 0 Å². The minimum absolute atomic E-state index is 0. The lowest BCUT2D eigenvalue weighted by molar-refractivity contribution is 0.862. The molecule has 0 bridgehead atoms. The third-order valence-electron chi connectivity index (χ3n) is 3.01. The molecule has 0 N–H and O–H groups in total. The van der Waals surface area contributed by atoms with Crippen molar-refractivity contribution in [2.75, 3.05) is 18.0 Å². The van der Waals surface area contributed by atoms with Crippen molar-refractivity contribution in [3.05, 3.63) is 29.8 Å². The summed E-state index contributed by atoms with van der Waals surface area (Å²) in [6, 6.07) is 8.99. The molecule has 0 aromatic heterocycles. The maximum Gasteiger partial charge on any atom is 0.0369 e. The quantitative estimate of drug-likeness (QED) is 0.720. The smallest absolute Gasteiger partial charge is 0.0369 e. The Bertz CT molecular complexity index is 303. The summed E-state index contributed by atoms with van der Waals surface area (Å²) in [5.74, 6) is 0.637. The topological polar surface area (TPSA) is 3.24 Å². The van der Waals surface area contributed by atoms with Crippen LogP contribution < -0.4 is 4.90 Å². The Morgan fingerprint density at radius 2 is 1.80 bits per heavy atom. The molecule has 1 nitrogen and oxygen atoms in total. The molecule has 0 spiro atoms. The van der Waals surface area contributed by atoms with Crippen LogP contribution in [0.15, 0.2) is 24.3 Å². The van der Waals surface area contributed by atoms with Crippen LogP contribution in [0.4, 0.5) is 10.4 Å². The summed E-state index contributed by atoms with van der Waals surface area (Å²) in [5.41, 5.74) is 2.86. The summed E-state index contributed by atoms with van der Waals surface area (Å²) in [7, 11) is 0. The first kappa shape index (κ1) is 12.0.